The Labute approximate surface area is 115 Å². The maximum absolute atomic E-state index is 11.1. The Morgan fingerprint density at radius 3 is 2.89 bits per heavy atom. The third-order valence-electron chi connectivity index (χ3n) is 3.67. The van der Waals surface area contributed by atoms with Crippen molar-refractivity contribution in [3.63, 3.8) is 0 Å². The average Bonchev–Trinajstić information content (AvgIpc) is 2.40. The van der Waals surface area contributed by atoms with Gasteiger partial charge in [-0.25, -0.2) is 0 Å². The second-order valence-corrected chi connectivity index (χ2v) is 5.35. The summed E-state index contributed by atoms with van der Waals surface area (Å²) in [7, 11) is 0. The van der Waals surface area contributed by atoms with E-state index in [0.717, 1.165) is 32.5 Å². The Hall–Kier alpha value is -1.39. The zero-order chi connectivity index (χ0) is 13.7. The number of nitrogens with two attached hydrogens (primary N) is 1. The molecular weight excluding hydrogens is 238 g/mol. The van der Waals surface area contributed by atoms with E-state index in [1.807, 2.05) is 13.0 Å². The summed E-state index contributed by atoms with van der Waals surface area (Å²) in [4.78, 5) is 13.5. The first-order chi connectivity index (χ1) is 9.15. The molecule has 104 valence electrons. The number of amides is 1. The fraction of sp³-hybridized carbons (Fsp3) is 0.533. The Morgan fingerprint density at radius 2 is 2.21 bits per heavy atom. The molecule has 1 saturated heterocycles. The zero-order valence-corrected chi connectivity index (χ0v) is 11.5. The predicted octanol–water partition coefficient (Wildman–Crippen LogP) is 1.11. The number of nitrogens with one attached hydrogen (secondary N) is 1. The van der Waals surface area contributed by atoms with Gasteiger partial charge in [-0.15, -0.1) is 0 Å². The van der Waals surface area contributed by atoms with Crippen molar-refractivity contribution in [1.29, 1.82) is 0 Å². The molecule has 1 fully saturated rings. The van der Waals surface area contributed by atoms with Gasteiger partial charge in [0.1, 0.15) is 0 Å². The summed E-state index contributed by atoms with van der Waals surface area (Å²) in [6.07, 6.45) is 2.28. The van der Waals surface area contributed by atoms with E-state index in [-0.39, 0.29) is 11.9 Å². The predicted molar refractivity (Wildman–Crippen MR) is 76.5 cm³/mol. The highest BCUT2D eigenvalue weighted by Crippen LogP contribution is 2.14. The smallest absolute Gasteiger partial charge is 0.234 e. The third-order valence-corrected chi connectivity index (χ3v) is 3.67. The Balaban J connectivity index is 1.85. The van der Waals surface area contributed by atoms with Crippen molar-refractivity contribution in [3.05, 3.63) is 35.9 Å². The van der Waals surface area contributed by atoms with E-state index in [4.69, 9.17) is 5.73 Å². The fourth-order valence-corrected chi connectivity index (χ4v) is 2.61. The van der Waals surface area contributed by atoms with Gasteiger partial charge in [0, 0.05) is 19.1 Å². The van der Waals surface area contributed by atoms with Crippen LogP contribution in [0.3, 0.4) is 0 Å². The van der Waals surface area contributed by atoms with Gasteiger partial charge in [0.25, 0.3) is 0 Å². The largest absolute Gasteiger partial charge is 0.368 e. The van der Waals surface area contributed by atoms with E-state index in [0.29, 0.717) is 6.04 Å². The zero-order valence-electron chi connectivity index (χ0n) is 11.5. The van der Waals surface area contributed by atoms with Gasteiger partial charge in [-0.05, 0) is 31.9 Å². The lowest BCUT2D eigenvalue weighted by Gasteiger charge is -2.34. The van der Waals surface area contributed by atoms with Crippen LogP contribution in [0.5, 0.6) is 0 Å². The lowest BCUT2D eigenvalue weighted by molar-refractivity contribution is -0.119. The van der Waals surface area contributed by atoms with E-state index < -0.39 is 0 Å². The number of hydrogen-bond acceptors (Lipinski definition) is 3. The Bertz CT molecular complexity index is 407. The summed E-state index contributed by atoms with van der Waals surface area (Å²) in [5.74, 6) is -0.278. The number of likely N-dealkylation sites (tertiary alicyclic amines) is 1. The molecular formula is C15H23N3O. The maximum Gasteiger partial charge on any atom is 0.234 e. The monoisotopic (exact) mass is 261 g/mol. The van der Waals surface area contributed by atoms with Gasteiger partial charge in [-0.1, -0.05) is 30.3 Å². The molecule has 0 radical (unpaired) electrons. The molecule has 2 atom stereocenters. The minimum Gasteiger partial charge on any atom is -0.368 e. The summed E-state index contributed by atoms with van der Waals surface area (Å²) in [5, 5.41) is 3.32. The maximum atomic E-state index is 11.1. The number of benzene rings is 1. The molecule has 0 aliphatic carbocycles. The highest BCUT2D eigenvalue weighted by molar-refractivity contribution is 5.79. The van der Waals surface area contributed by atoms with E-state index in [1.165, 1.54) is 5.56 Å². The van der Waals surface area contributed by atoms with E-state index in [9.17, 15) is 4.79 Å². The number of piperidine rings is 1. The van der Waals surface area contributed by atoms with Gasteiger partial charge in [-0.2, -0.15) is 0 Å². The second kappa shape index (κ2) is 6.68. The molecule has 2 rings (SSSR count). The molecule has 3 N–H and O–H groups in total. The van der Waals surface area contributed by atoms with Crippen LogP contribution in [0.2, 0.25) is 0 Å². The van der Waals surface area contributed by atoms with Crippen LogP contribution >= 0.6 is 0 Å². The van der Waals surface area contributed by atoms with Crippen LogP contribution in [-0.4, -0.2) is 36.0 Å². The van der Waals surface area contributed by atoms with Crippen LogP contribution < -0.4 is 11.1 Å². The van der Waals surface area contributed by atoms with E-state index in [2.05, 4.69) is 34.5 Å². The minimum atomic E-state index is -0.278. The first-order valence-corrected chi connectivity index (χ1v) is 6.97. The molecule has 1 aromatic carbocycles. The van der Waals surface area contributed by atoms with Crippen molar-refractivity contribution in [2.24, 2.45) is 5.73 Å². The highest BCUT2D eigenvalue weighted by atomic mass is 16.1. The van der Waals surface area contributed by atoms with Crippen LogP contribution in [0.1, 0.15) is 25.3 Å². The first kappa shape index (κ1) is 14.0. The van der Waals surface area contributed by atoms with Crippen molar-refractivity contribution < 1.29 is 4.79 Å². The summed E-state index contributed by atoms with van der Waals surface area (Å²) in [6.45, 7) is 4.91. The van der Waals surface area contributed by atoms with Crippen molar-refractivity contribution in [1.82, 2.24) is 10.2 Å². The third kappa shape index (κ3) is 4.33. The van der Waals surface area contributed by atoms with Crippen molar-refractivity contribution >= 4 is 5.91 Å². The second-order valence-electron chi connectivity index (χ2n) is 5.35. The van der Waals surface area contributed by atoms with Crippen LogP contribution in [0.4, 0.5) is 0 Å². The van der Waals surface area contributed by atoms with Crippen LogP contribution in [-0.2, 0) is 11.3 Å². The molecule has 4 nitrogen and oxygen atoms in total. The van der Waals surface area contributed by atoms with E-state index >= 15 is 0 Å². The molecule has 19 heavy (non-hydrogen) atoms. The van der Waals surface area contributed by atoms with Gasteiger partial charge in [-0.3, -0.25) is 9.69 Å². The van der Waals surface area contributed by atoms with Gasteiger partial charge in [0.2, 0.25) is 5.91 Å². The van der Waals surface area contributed by atoms with Crippen LogP contribution in [0, 0.1) is 0 Å². The average molecular weight is 261 g/mol. The number of nitrogens with zero attached hydrogens (tertiary/aromatic N) is 1. The number of carbonyl (C=O) groups excluding carboxylic acids is 1. The van der Waals surface area contributed by atoms with Gasteiger partial charge < -0.3 is 11.1 Å². The molecule has 0 aromatic heterocycles. The van der Waals surface area contributed by atoms with Gasteiger partial charge in [0.05, 0.1) is 6.04 Å². The molecule has 2 unspecified atom stereocenters. The van der Waals surface area contributed by atoms with Crippen molar-refractivity contribution in [2.75, 3.05) is 13.1 Å². The fourth-order valence-electron chi connectivity index (χ4n) is 2.61. The summed E-state index contributed by atoms with van der Waals surface area (Å²) in [5.41, 5.74) is 6.64. The van der Waals surface area contributed by atoms with E-state index in [1.54, 1.807) is 0 Å². The summed E-state index contributed by atoms with van der Waals surface area (Å²) in [6, 6.07) is 10.6. The Morgan fingerprint density at radius 1 is 1.47 bits per heavy atom. The lowest BCUT2D eigenvalue weighted by Crippen LogP contribution is -2.51. The topological polar surface area (TPSA) is 58.4 Å². The van der Waals surface area contributed by atoms with Crippen molar-refractivity contribution in [2.45, 2.75) is 38.4 Å². The van der Waals surface area contributed by atoms with Crippen LogP contribution in [0.25, 0.3) is 0 Å². The minimum absolute atomic E-state index is 0.248. The Kier molecular flexibility index (Phi) is 4.93. The molecule has 1 aliphatic heterocycles. The summed E-state index contributed by atoms with van der Waals surface area (Å²) >= 11 is 0. The molecule has 1 aromatic rings. The highest BCUT2D eigenvalue weighted by Gasteiger charge is 2.22. The number of carbonyl (C=O) groups is 1. The summed E-state index contributed by atoms with van der Waals surface area (Å²) < 4.78 is 0. The molecule has 0 bridgehead atoms. The molecule has 1 amide bonds. The van der Waals surface area contributed by atoms with Gasteiger partial charge >= 0.3 is 0 Å². The number of rotatable bonds is 5. The number of primary amides is 1. The first-order valence-electron chi connectivity index (χ1n) is 6.97. The lowest BCUT2D eigenvalue weighted by atomic mass is 10.0. The molecule has 1 aliphatic rings. The molecule has 0 spiro atoms. The van der Waals surface area contributed by atoms with Gasteiger partial charge in [0.15, 0.2) is 0 Å². The molecule has 1 heterocycles. The van der Waals surface area contributed by atoms with Crippen LogP contribution in [0.15, 0.2) is 30.3 Å². The SMILES string of the molecule is CC(NC1CCCN(Cc2ccccc2)C1)C(N)=O. The standard InChI is InChI=1S/C15H23N3O/c1-12(15(16)19)17-14-8-5-9-18(11-14)10-13-6-3-2-4-7-13/h2-4,6-7,12,14,17H,5,8-11H2,1H3,(H2,16,19). The normalized spacial score (nSPS) is 22.1. The van der Waals surface area contributed by atoms with Crippen molar-refractivity contribution in [3.8, 4) is 0 Å². The quantitative estimate of drug-likeness (QED) is 0.835. The molecule has 4 heteroatoms. The molecule has 0 saturated carbocycles. The number of hydrogen-bond donors (Lipinski definition) is 2.